The van der Waals surface area contributed by atoms with Crippen LogP contribution in [0.25, 0.3) is 10.8 Å². The predicted molar refractivity (Wildman–Crippen MR) is 135 cm³/mol. The minimum atomic E-state index is -0.0928. The number of carbonyl (C=O) groups excluding carboxylic acids is 1. The molecule has 32 heavy (non-hydrogen) atoms. The average Bonchev–Trinajstić information content (AvgIpc) is 2.76. The Morgan fingerprint density at radius 3 is 2.25 bits per heavy atom. The maximum Gasteiger partial charge on any atom is 0.318 e. The Kier molecular flexibility index (Phi) is 7.75. The lowest BCUT2D eigenvalue weighted by Gasteiger charge is -2.35. The first-order chi connectivity index (χ1) is 15.3. The average molecular weight is 433 g/mol. The molecular formula is C27H36N4O. The zero-order valence-electron chi connectivity index (χ0n) is 19.9. The van der Waals surface area contributed by atoms with Crippen LogP contribution in [0.1, 0.15) is 37.9 Å². The molecule has 0 saturated heterocycles. The van der Waals surface area contributed by atoms with Crippen LogP contribution in [-0.2, 0) is 6.42 Å². The van der Waals surface area contributed by atoms with Gasteiger partial charge in [-0.25, -0.2) is 4.79 Å². The van der Waals surface area contributed by atoms with Crippen molar-refractivity contribution in [1.29, 1.82) is 0 Å². The molecule has 0 spiro atoms. The van der Waals surface area contributed by atoms with Crippen LogP contribution in [-0.4, -0.2) is 48.6 Å². The van der Waals surface area contributed by atoms with E-state index < -0.39 is 0 Å². The number of carbonyl (C=O) groups is 1. The number of urea groups is 1. The van der Waals surface area contributed by atoms with E-state index in [0.717, 1.165) is 17.7 Å². The van der Waals surface area contributed by atoms with Crippen LogP contribution in [0.2, 0.25) is 0 Å². The van der Waals surface area contributed by atoms with E-state index in [1.807, 2.05) is 29.2 Å². The molecule has 3 rings (SSSR count). The lowest BCUT2D eigenvalue weighted by Crippen LogP contribution is -2.51. The molecule has 170 valence electrons. The summed E-state index contributed by atoms with van der Waals surface area (Å²) in [6.45, 7) is 6.83. The number of rotatable bonds is 8. The smallest absolute Gasteiger partial charge is 0.318 e. The molecule has 3 N–H and O–H groups in total. The number of nitrogen functional groups attached to an aromatic ring is 1. The van der Waals surface area contributed by atoms with Crippen molar-refractivity contribution in [3.8, 4) is 0 Å². The lowest BCUT2D eigenvalue weighted by atomic mass is 10.00. The van der Waals surface area contributed by atoms with Crippen molar-refractivity contribution in [2.75, 3.05) is 26.4 Å². The van der Waals surface area contributed by atoms with Crippen molar-refractivity contribution >= 4 is 22.5 Å². The summed E-state index contributed by atoms with van der Waals surface area (Å²) in [5.74, 6) is 0. The van der Waals surface area contributed by atoms with E-state index in [9.17, 15) is 4.79 Å². The van der Waals surface area contributed by atoms with Crippen LogP contribution < -0.4 is 11.1 Å². The molecule has 0 fully saturated rings. The number of hydrogen-bond donors (Lipinski definition) is 2. The summed E-state index contributed by atoms with van der Waals surface area (Å²) in [7, 11) is 4.13. The summed E-state index contributed by atoms with van der Waals surface area (Å²) in [6.07, 6.45) is 0.850. The van der Waals surface area contributed by atoms with Crippen LogP contribution in [0.4, 0.5) is 10.5 Å². The van der Waals surface area contributed by atoms with Crippen LogP contribution in [0.5, 0.6) is 0 Å². The Hall–Kier alpha value is -3.05. The Labute approximate surface area is 192 Å². The molecule has 0 aliphatic carbocycles. The van der Waals surface area contributed by atoms with Crippen molar-refractivity contribution in [3.63, 3.8) is 0 Å². The second-order valence-electron chi connectivity index (χ2n) is 9.05. The third kappa shape index (κ3) is 5.80. The summed E-state index contributed by atoms with van der Waals surface area (Å²) in [5.41, 5.74) is 8.94. The minimum Gasteiger partial charge on any atom is -0.399 e. The Morgan fingerprint density at radius 2 is 1.59 bits per heavy atom. The third-order valence-corrected chi connectivity index (χ3v) is 6.10. The molecule has 3 aromatic rings. The van der Waals surface area contributed by atoms with Gasteiger partial charge < -0.3 is 20.9 Å². The normalized spacial score (nSPS) is 13.3. The molecule has 5 heteroatoms. The molecule has 0 radical (unpaired) electrons. The van der Waals surface area contributed by atoms with Crippen molar-refractivity contribution in [2.45, 2.75) is 45.3 Å². The van der Waals surface area contributed by atoms with E-state index in [1.54, 1.807) is 0 Å². The van der Waals surface area contributed by atoms with Crippen molar-refractivity contribution < 1.29 is 4.79 Å². The number of anilines is 1. The van der Waals surface area contributed by atoms with Gasteiger partial charge in [0.15, 0.2) is 0 Å². The van der Waals surface area contributed by atoms with Crippen molar-refractivity contribution in [2.24, 2.45) is 0 Å². The number of nitrogens with two attached hydrogens (primary N) is 1. The van der Waals surface area contributed by atoms with Gasteiger partial charge in [0.1, 0.15) is 0 Å². The first-order valence-electron chi connectivity index (χ1n) is 11.3. The molecular weight excluding hydrogens is 396 g/mol. The quantitative estimate of drug-likeness (QED) is 0.488. The second-order valence-corrected chi connectivity index (χ2v) is 9.05. The molecule has 2 atom stereocenters. The second kappa shape index (κ2) is 10.5. The molecule has 0 aromatic heterocycles. The third-order valence-electron chi connectivity index (χ3n) is 6.10. The SMILES string of the molecule is CC(C)N(C[C@H](Cc1ccc(N)cc1)N(C)C)C(=O)N[C@@H](C)c1cccc2ccccc12. The molecule has 3 aromatic carbocycles. The van der Waals surface area contributed by atoms with Gasteiger partial charge in [-0.1, -0.05) is 54.6 Å². The fraction of sp³-hybridized carbons (Fsp3) is 0.370. The first-order valence-corrected chi connectivity index (χ1v) is 11.3. The molecule has 0 unspecified atom stereocenters. The number of amides is 2. The van der Waals surface area contributed by atoms with Crippen LogP contribution in [0.3, 0.4) is 0 Å². The maximum atomic E-state index is 13.3. The highest BCUT2D eigenvalue weighted by molar-refractivity contribution is 5.86. The molecule has 0 heterocycles. The highest BCUT2D eigenvalue weighted by Gasteiger charge is 2.24. The number of benzene rings is 3. The highest BCUT2D eigenvalue weighted by Crippen LogP contribution is 2.24. The summed E-state index contributed by atoms with van der Waals surface area (Å²) < 4.78 is 0. The van der Waals surface area contributed by atoms with Gasteiger partial charge in [0.2, 0.25) is 0 Å². The summed E-state index contributed by atoms with van der Waals surface area (Å²) in [6, 6.07) is 22.7. The maximum absolute atomic E-state index is 13.3. The molecule has 5 nitrogen and oxygen atoms in total. The summed E-state index contributed by atoms with van der Waals surface area (Å²) in [5, 5.41) is 5.60. The van der Waals surface area contributed by atoms with Crippen LogP contribution in [0, 0.1) is 0 Å². The number of likely N-dealkylation sites (N-methyl/N-ethyl adjacent to an activating group) is 1. The Bertz CT molecular complexity index is 1020. The number of nitrogens with zero attached hydrogens (tertiary/aromatic N) is 2. The van der Waals surface area contributed by atoms with E-state index in [0.29, 0.717) is 6.54 Å². The number of nitrogens with one attached hydrogen (secondary N) is 1. The van der Waals surface area contributed by atoms with E-state index in [2.05, 4.69) is 87.5 Å². The number of fused-ring (bicyclic) bond motifs is 1. The van der Waals surface area contributed by atoms with Gasteiger partial charge in [-0.2, -0.15) is 0 Å². The fourth-order valence-corrected chi connectivity index (χ4v) is 4.07. The minimum absolute atomic E-state index is 0.0374. The molecule has 0 aliphatic heterocycles. The lowest BCUT2D eigenvalue weighted by molar-refractivity contribution is 0.151. The van der Waals surface area contributed by atoms with Crippen LogP contribution in [0.15, 0.2) is 66.7 Å². The predicted octanol–water partition coefficient (Wildman–Crippen LogP) is 5.08. The Morgan fingerprint density at radius 1 is 0.938 bits per heavy atom. The van der Waals surface area contributed by atoms with Gasteiger partial charge in [-0.3, -0.25) is 0 Å². The van der Waals surface area contributed by atoms with Crippen molar-refractivity contribution in [3.05, 3.63) is 77.9 Å². The van der Waals surface area contributed by atoms with Gasteiger partial charge in [-0.15, -0.1) is 0 Å². The first kappa shape index (κ1) is 23.6. The molecule has 2 amide bonds. The van der Waals surface area contributed by atoms with Gasteiger partial charge in [0.25, 0.3) is 0 Å². The van der Waals surface area contributed by atoms with Crippen molar-refractivity contribution in [1.82, 2.24) is 15.1 Å². The van der Waals surface area contributed by atoms with Gasteiger partial charge >= 0.3 is 6.03 Å². The highest BCUT2D eigenvalue weighted by atomic mass is 16.2. The van der Waals surface area contributed by atoms with Crippen LogP contribution >= 0.6 is 0 Å². The summed E-state index contributed by atoms with van der Waals surface area (Å²) in [4.78, 5) is 17.5. The van der Waals surface area contributed by atoms with Gasteiger partial charge in [-0.05, 0) is 75.3 Å². The molecule has 0 bridgehead atoms. The standard InChI is InChI=1S/C27H36N4O/c1-19(2)31(18-24(30(4)5)17-21-13-15-23(28)16-14-21)27(32)29-20(3)25-12-8-10-22-9-6-7-11-26(22)25/h6-16,19-20,24H,17-18,28H2,1-5H3,(H,29,32)/t20-,24-/m0/s1. The van der Waals surface area contributed by atoms with E-state index >= 15 is 0 Å². The largest absolute Gasteiger partial charge is 0.399 e. The zero-order chi connectivity index (χ0) is 23.3. The fourth-order valence-electron chi connectivity index (χ4n) is 4.07. The van der Waals surface area contributed by atoms with Gasteiger partial charge in [0.05, 0.1) is 6.04 Å². The molecule has 0 aliphatic rings. The summed E-state index contributed by atoms with van der Waals surface area (Å²) >= 11 is 0. The zero-order valence-corrected chi connectivity index (χ0v) is 19.9. The van der Waals surface area contributed by atoms with E-state index in [4.69, 9.17) is 5.73 Å². The van der Waals surface area contributed by atoms with E-state index in [-0.39, 0.29) is 24.2 Å². The van der Waals surface area contributed by atoms with E-state index in [1.165, 1.54) is 16.3 Å². The van der Waals surface area contributed by atoms with Gasteiger partial charge in [0, 0.05) is 24.3 Å². The number of hydrogen-bond acceptors (Lipinski definition) is 3. The Balaban J connectivity index is 1.74. The molecule has 0 saturated carbocycles. The monoisotopic (exact) mass is 432 g/mol. The topological polar surface area (TPSA) is 61.6 Å².